The van der Waals surface area contributed by atoms with Gasteiger partial charge in [-0.2, -0.15) is 15.0 Å². The maximum atomic E-state index is 8.88. The molecular weight excluding hydrogens is 164 g/mol. The van der Waals surface area contributed by atoms with E-state index in [0.29, 0.717) is 5.06 Å². The molecule has 0 bridgehead atoms. The van der Waals surface area contributed by atoms with Gasteiger partial charge in [0.2, 0.25) is 5.95 Å². The summed E-state index contributed by atoms with van der Waals surface area (Å²) in [5, 5.41) is 17.9. The van der Waals surface area contributed by atoms with E-state index in [2.05, 4.69) is 15.0 Å². The van der Waals surface area contributed by atoms with Crippen LogP contribution in [0.5, 0.6) is 0 Å². The zero-order valence-corrected chi connectivity index (χ0v) is 6.26. The Hall–Kier alpha value is -1.67. The van der Waals surface area contributed by atoms with Crippen molar-refractivity contribution in [3.63, 3.8) is 0 Å². The van der Waals surface area contributed by atoms with Crippen LogP contribution in [0.25, 0.3) is 0 Å². The molecule has 0 spiro atoms. The summed E-state index contributed by atoms with van der Waals surface area (Å²) in [4.78, 5) is 10.6. The van der Waals surface area contributed by atoms with Crippen molar-refractivity contribution in [1.82, 2.24) is 15.0 Å². The number of hydrogen-bond donors (Lipinski definition) is 4. The lowest BCUT2D eigenvalue weighted by atomic mass is 10.8. The van der Waals surface area contributed by atoms with Crippen molar-refractivity contribution in [3.05, 3.63) is 0 Å². The van der Waals surface area contributed by atoms with Crippen LogP contribution in [0.2, 0.25) is 0 Å². The van der Waals surface area contributed by atoms with Gasteiger partial charge < -0.3 is 5.73 Å². The first-order valence-corrected chi connectivity index (χ1v) is 2.97. The second kappa shape index (κ2) is 3.15. The van der Waals surface area contributed by atoms with Crippen molar-refractivity contribution in [2.75, 3.05) is 23.3 Å². The van der Waals surface area contributed by atoms with E-state index < -0.39 is 0 Å². The molecule has 0 fully saturated rings. The highest BCUT2D eigenvalue weighted by atomic mass is 16.5. The fraction of sp³-hybridized carbons (Fsp3) is 0.250. The molecule has 0 aromatic carbocycles. The minimum atomic E-state index is -0.126. The number of nitrogen functional groups attached to an aromatic ring is 1. The summed E-state index contributed by atoms with van der Waals surface area (Å²) < 4.78 is 0. The van der Waals surface area contributed by atoms with E-state index in [1.807, 2.05) is 0 Å². The summed E-state index contributed by atoms with van der Waals surface area (Å²) in [7, 11) is 1.32. The number of nitrogens with two attached hydrogens (primary N) is 1. The molecule has 0 saturated heterocycles. The van der Waals surface area contributed by atoms with Crippen LogP contribution in [0.4, 0.5) is 17.8 Å². The fourth-order valence-electron chi connectivity index (χ4n) is 0.575. The van der Waals surface area contributed by atoms with Gasteiger partial charge in [-0.1, -0.05) is 0 Å². The lowest BCUT2D eigenvalue weighted by Crippen LogP contribution is -2.16. The molecule has 8 nitrogen and oxygen atoms in total. The standard InChI is InChI=1S/C4H8N6O2/c1-10(12)4-7-2(5)6-3(8-4)9-11/h11-12H,1H3,(H3,5,6,7,8,9). The zero-order valence-electron chi connectivity index (χ0n) is 6.26. The SMILES string of the molecule is CN(O)c1nc(N)nc(NO)n1. The van der Waals surface area contributed by atoms with Crippen LogP contribution in [0, 0.1) is 0 Å². The molecule has 0 atom stereocenters. The van der Waals surface area contributed by atoms with Crippen molar-refractivity contribution in [3.8, 4) is 0 Å². The van der Waals surface area contributed by atoms with Gasteiger partial charge in [0.1, 0.15) is 0 Å². The molecule has 1 rings (SSSR count). The Kier molecular flexibility index (Phi) is 2.21. The molecule has 1 aromatic rings. The molecule has 0 radical (unpaired) electrons. The van der Waals surface area contributed by atoms with Gasteiger partial charge in [-0.05, 0) is 0 Å². The first kappa shape index (κ1) is 8.43. The molecule has 12 heavy (non-hydrogen) atoms. The molecular formula is C4H8N6O2. The molecule has 0 saturated carbocycles. The number of hydroxylamine groups is 1. The monoisotopic (exact) mass is 172 g/mol. The number of aromatic nitrogens is 3. The second-order valence-electron chi connectivity index (χ2n) is 1.95. The normalized spacial score (nSPS) is 9.58. The van der Waals surface area contributed by atoms with Crippen LogP contribution in [0.15, 0.2) is 0 Å². The number of nitrogens with one attached hydrogen (secondary N) is 1. The smallest absolute Gasteiger partial charge is 0.255 e. The highest BCUT2D eigenvalue weighted by Gasteiger charge is 2.05. The van der Waals surface area contributed by atoms with Gasteiger partial charge in [0.05, 0.1) is 0 Å². The molecule has 66 valence electrons. The van der Waals surface area contributed by atoms with Gasteiger partial charge in [0, 0.05) is 7.05 Å². The van der Waals surface area contributed by atoms with Gasteiger partial charge >= 0.3 is 0 Å². The molecule has 1 heterocycles. The molecule has 0 unspecified atom stereocenters. The van der Waals surface area contributed by atoms with Crippen LogP contribution in [0.1, 0.15) is 0 Å². The third kappa shape index (κ3) is 1.68. The third-order valence-electron chi connectivity index (χ3n) is 1.03. The Morgan fingerprint density at radius 2 is 2.08 bits per heavy atom. The van der Waals surface area contributed by atoms with Crippen molar-refractivity contribution >= 4 is 17.8 Å². The highest BCUT2D eigenvalue weighted by molar-refractivity contribution is 5.38. The Balaban J connectivity index is 3.06. The first-order valence-electron chi connectivity index (χ1n) is 2.97. The lowest BCUT2D eigenvalue weighted by molar-refractivity contribution is 0.272. The largest absolute Gasteiger partial charge is 0.368 e. The summed E-state index contributed by atoms with van der Waals surface area (Å²) in [5.74, 6) is -0.282. The minimum absolute atomic E-state index is 0.0564. The molecule has 5 N–H and O–H groups in total. The van der Waals surface area contributed by atoms with Crippen LogP contribution in [0.3, 0.4) is 0 Å². The molecule has 0 aliphatic heterocycles. The van der Waals surface area contributed by atoms with Crippen LogP contribution >= 0.6 is 0 Å². The quantitative estimate of drug-likeness (QED) is 0.423. The summed E-state index contributed by atoms with van der Waals surface area (Å²) in [6, 6.07) is 0. The molecule has 1 aromatic heterocycles. The van der Waals surface area contributed by atoms with Crippen LogP contribution in [-0.4, -0.2) is 32.4 Å². The third-order valence-corrected chi connectivity index (χ3v) is 1.03. The first-order chi connectivity index (χ1) is 5.63. The van der Waals surface area contributed by atoms with E-state index in [9.17, 15) is 0 Å². The Bertz CT molecular complexity index is 276. The molecule has 0 amide bonds. The predicted molar refractivity (Wildman–Crippen MR) is 39.8 cm³/mol. The highest BCUT2D eigenvalue weighted by Crippen LogP contribution is 2.07. The number of nitrogens with zero attached hydrogens (tertiary/aromatic N) is 4. The maximum absolute atomic E-state index is 8.88. The van der Waals surface area contributed by atoms with E-state index in [0.717, 1.165) is 0 Å². The van der Waals surface area contributed by atoms with Gasteiger partial charge in [-0.15, -0.1) is 0 Å². The maximum Gasteiger partial charge on any atom is 0.255 e. The van der Waals surface area contributed by atoms with E-state index in [-0.39, 0.29) is 17.8 Å². The van der Waals surface area contributed by atoms with Gasteiger partial charge in [-0.25, -0.2) is 10.5 Å². The average Bonchev–Trinajstić information content (AvgIpc) is 2.03. The fourth-order valence-corrected chi connectivity index (χ4v) is 0.575. The van der Waals surface area contributed by atoms with Crippen LogP contribution < -0.4 is 16.3 Å². The van der Waals surface area contributed by atoms with E-state index in [1.165, 1.54) is 7.05 Å². The Morgan fingerprint density at radius 3 is 2.58 bits per heavy atom. The summed E-state index contributed by atoms with van der Waals surface area (Å²) in [6.45, 7) is 0. The van der Waals surface area contributed by atoms with Crippen molar-refractivity contribution in [1.29, 1.82) is 0 Å². The Morgan fingerprint density at radius 1 is 1.42 bits per heavy atom. The van der Waals surface area contributed by atoms with Gasteiger partial charge in [0.15, 0.2) is 0 Å². The summed E-state index contributed by atoms with van der Waals surface area (Å²) in [5.41, 5.74) is 6.90. The summed E-state index contributed by atoms with van der Waals surface area (Å²) >= 11 is 0. The Labute approximate surface area is 67.6 Å². The minimum Gasteiger partial charge on any atom is -0.368 e. The predicted octanol–water partition coefficient (Wildman–Crippen LogP) is -0.920. The van der Waals surface area contributed by atoms with Crippen molar-refractivity contribution in [2.24, 2.45) is 0 Å². The van der Waals surface area contributed by atoms with E-state index in [4.69, 9.17) is 16.1 Å². The molecule has 0 aliphatic rings. The topological polar surface area (TPSA) is 120 Å². The number of anilines is 3. The lowest BCUT2D eigenvalue weighted by Gasteiger charge is -2.08. The van der Waals surface area contributed by atoms with Gasteiger partial charge in [-0.3, -0.25) is 10.4 Å². The van der Waals surface area contributed by atoms with E-state index >= 15 is 0 Å². The second-order valence-corrected chi connectivity index (χ2v) is 1.95. The zero-order chi connectivity index (χ0) is 9.14. The molecule has 0 aliphatic carbocycles. The van der Waals surface area contributed by atoms with Crippen LogP contribution in [-0.2, 0) is 0 Å². The van der Waals surface area contributed by atoms with Crippen molar-refractivity contribution < 1.29 is 10.4 Å². The number of rotatable bonds is 2. The average molecular weight is 172 g/mol. The molecule has 8 heteroatoms. The van der Waals surface area contributed by atoms with Gasteiger partial charge in [0.25, 0.3) is 11.9 Å². The number of hydrogen-bond acceptors (Lipinski definition) is 8. The summed E-state index contributed by atoms with van der Waals surface area (Å²) in [6.07, 6.45) is 0. The van der Waals surface area contributed by atoms with E-state index in [1.54, 1.807) is 5.48 Å². The van der Waals surface area contributed by atoms with Crippen molar-refractivity contribution in [2.45, 2.75) is 0 Å².